The highest BCUT2D eigenvalue weighted by Crippen LogP contribution is 2.34. The highest BCUT2D eigenvalue weighted by Gasteiger charge is 2.37. The van der Waals surface area contributed by atoms with E-state index in [1.54, 1.807) is 31.4 Å². The molecule has 7 nitrogen and oxygen atoms in total. The summed E-state index contributed by atoms with van der Waals surface area (Å²) in [6, 6.07) is 10.5. The molecular weight excluding hydrogens is 455 g/mol. The number of benzene rings is 2. The molecule has 0 bridgehead atoms. The predicted molar refractivity (Wildman–Crippen MR) is 128 cm³/mol. The van der Waals surface area contributed by atoms with E-state index in [4.69, 9.17) is 9.26 Å². The number of amides is 1. The molecule has 1 aliphatic rings. The smallest absolute Gasteiger partial charge is 0.293 e. The van der Waals surface area contributed by atoms with Gasteiger partial charge < -0.3 is 14.2 Å². The molecule has 9 heteroatoms. The fourth-order valence-corrected chi connectivity index (χ4v) is 5.77. The maximum Gasteiger partial charge on any atom is 0.293 e. The first-order valence-corrected chi connectivity index (χ1v) is 14.6. The summed E-state index contributed by atoms with van der Waals surface area (Å²) in [4.78, 5) is 39.7. The Bertz CT molecular complexity index is 1310. The SMILES string of the molecule is COc1ccc2c(c1)CCN(C(=O)c1cc(=O)[nH]o1)C2C(=O)Cc1ccc([Si](C)(C)C)c(F)c1. The van der Waals surface area contributed by atoms with Gasteiger partial charge in [0.2, 0.25) is 5.76 Å². The number of aromatic nitrogens is 1. The number of rotatable bonds is 6. The van der Waals surface area contributed by atoms with Gasteiger partial charge in [-0.05, 0) is 46.5 Å². The quantitative estimate of drug-likeness (QED) is 0.545. The van der Waals surface area contributed by atoms with E-state index in [0.29, 0.717) is 28.5 Å². The van der Waals surface area contributed by atoms with Crippen molar-refractivity contribution in [3.05, 3.63) is 81.1 Å². The zero-order valence-electron chi connectivity index (χ0n) is 19.6. The number of Topliss-reactive ketones (excluding diaryl/α,β-unsaturated/α-hetero) is 1. The van der Waals surface area contributed by atoms with Crippen LogP contribution in [0.1, 0.15) is 33.3 Å². The third-order valence-corrected chi connectivity index (χ3v) is 8.12. The van der Waals surface area contributed by atoms with Gasteiger partial charge in [-0.3, -0.25) is 14.4 Å². The van der Waals surface area contributed by atoms with Crippen LogP contribution in [-0.4, -0.2) is 43.5 Å². The van der Waals surface area contributed by atoms with Crippen molar-refractivity contribution in [1.82, 2.24) is 10.1 Å². The van der Waals surface area contributed by atoms with Crippen molar-refractivity contribution in [2.45, 2.75) is 38.5 Å². The number of nitrogens with one attached hydrogen (secondary N) is 1. The third-order valence-electron chi connectivity index (χ3n) is 6.10. The van der Waals surface area contributed by atoms with E-state index in [-0.39, 0.29) is 30.3 Å². The summed E-state index contributed by atoms with van der Waals surface area (Å²) in [6.45, 7) is 6.44. The minimum absolute atomic E-state index is 0.0418. The lowest BCUT2D eigenvalue weighted by Gasteiger charge is -2.36. The molecule has 0 spiro atoms. The molecule has 34 heavy (non-hydrogen) atoms. The lowest BCUT2D eigenvalue weighted by atomic mass is 9.87. The van der Waals surface area contributed by atoms with Crippen LogP contribution in [0.2, 0.25) is 19.6 Å². The van der Waals surface area contributed by atoms with Crippen molar-refractivity contribution in [1.29, 1.82) is 0 Å². The topological polar surface area (TPSA) is 92.6 Å². The molecular formula is C25H27FN2O5Si. The number of halogens is 1. The van der Waals surface area contributed by atoms with E-state index in [9.17, 15) is 18.8 Å². The Hall–Kier alpha value is -3.46. The molecule has 2 heterocycles. The number of methoxy groups -OCH3 is 1. The van der Waals surface area contributed by atoms with Gasteiger partial charge in [-0.2, -0.15) is 5.16 Å². The largest absolute Gasteiger partial charge is 0.497 e. The van der Waals surface area contributed by atoms with Crippen LogP contribution in [0, 0.1) is 5.82 Å². The van der Waals surface area contributed by atoms with Crippen molar-refractivity contribution in [3.8, 4) is 5.75 Å². The van der Waals surface area contributed by atoms with Gasteiger partial charge in [-0.15, -0.1) is 0 Å². The van der Waals surface area contributed by atoms with Gasteiger partial charge in [0.25, 0.3) is 11.5 Å². The van der Waals surface area contributed by atoms with Crippen LogP contribution >= 0.6 is 0 Å². The minimum atomic E-state index is -1.85. The Morgan fingerprint density at radius 3 is 2.56 bits per heavy atom. The number of aromatic amines is 1. The third kappa shape index (κ3) is 4.61. The number of ether oxygens (including phenoxy) is 1. The summed E-state index contributed by atoms with van der Waals surface area (Å²) >= 11 is 0. The molecule has 0 saturated heterocycles. The average molecular weight is 483 g/mol. The van der Waals surface area contributed by atoms with Crippen molar-refractivity contribution < 1.29 is 23.2 Å². The van der Waals surface area contributed by atoms with Crippen LogP contribution in [0.25, 0.3) is 0 Å². The number of ketones is 1. The van der Waals surface area contributed by atoms with Gasteiger partial charge in [0.15, 0.2) is 5.78 Å². The van der Waals surface area contributed by atoms with Crippen molar-refractivity contribution in [2.24, 2.45) is 0 Å². The van der Waals surface area contributed by atoms with Gasteiger partial charge in [0.1, 0.15) is 17.6 Å². The molecule has 3 aromatic rings. The molecule has 1 amide bonds. The predicted octanol–water partition coefficient (Wildman–Crippen LogP) is 3.21. The van der Waals surface area contributed by atoms with Crippen LogP contribution in [0.3, 0.4) is 0 Å². The molecule has 2 aromatic carbocycles. The van der Waals surface area contributed by atoms with Crippen LogP contribution in [0.5, 0.6) is 5.75 Å². The lowest BCUT2D eigenvalue weighted by Crippen LogP contribution is -2.44. The molecule has 1 atom stereocenters. The summed E-state index contributed by atoms with van der Waals surface area (Å²) in [6.07, 6.45) is 0.468. The lowest BCUT2D eigenvalue weighted by molar-refractivity contribution is -0.123. The van der Waals surface area contributed by atoms with Crippen molar-refractivity contribution >= 4 is 25.0 Å². The number of hydrogen-bond donors (Lipinski definition) is 1. The molecule has 0 aliphatic carbocycles. The number of H-pyrrole nitrogens is 1. The number of hydrogen-bond acceptors (Lipinski definition) is 5. The number of fused-ring (bicyclic) bond motifs is 1. The molecule has 1 aromatic heterocycles. The fraction of sp³-hybridized carbons (Fsp3) is 0.320. The number of carbonyl (C=O) groups is 2. The van der Waals surface area contributed by atoms with E-state index in [1.807, 2.05) is 6.07 Å². The van der Waals surface area contributed by atoms with E-state index in [1.165, 1.54) is 11.0 Å². The van der Waals surface area contributed by atoms with E-state index < -0.39 is 25.6 Å². The minimum Gasteiger partial charge on any atom is -0.497 e. The second kappa shape index (κ2) is 9.06. The first-order valence-electron chi connectivity index (χ1n) is 11.1. The Morgan fingerprint density at radius 1 is 1.18 bits per heavy atom. The first kappa shape index (κ1) is 23.7. The molecule has 0 radical (unpaired) electrons. The number of nitrogens with zero attached hydrogens (tertiary/aromatic N) is 1. The highest BCUT2D eigenvalue weighted by atomic mass is 28.3. The first-order chi connectivity index (χ1) is 16.1. The Kier molecular flexibility index (Phi) is 6.31. The van der Waals surface area contributed by atoms with Gasteiger partial charge in [-0.25, -0.2) is 4.39 Å². The molecule has 0 fully saturated rings. The summed E-state index contributed by atoms with van der Waals surface area (Å²) in [5, 5.41) is 2.82. The van der Waals surface area contributed by atoms with Gasteiger partial charge >= 0.3 is 0 Å². The van der Waals surface area contributed by atoms with E-state index in [0.717, 1.165) is 11.6 Å². The number of carbonyl (C=O) groups excluding carboxylic acids is 2. The normalized spacial score (nSPS) is 15.7. The Labute approximate surface area is 197 Å². The second-order valence-electron chi connectivity index (χ2n) is 9.50. The molecule has 1 N–H and O–H groups in total. The summed E-state index contributed by atoms with van der Waals surface area (Å²) < 4.78 is 25.1. The summed E-state index contributed by atoms with van der Waals surface area (Å²) in [5.74, 6) is -0.619. The fourth-order valence-electron chi connectivity index (χ4n) is 4.40. The van der Waals surface area contributed by atoms with E-state index >= 15 is 0 Å². The molecule has 1 aliphatic heterocycles. The highest BCUT2D eigenvalue weighted by molar-refractivity contribution is 6.88. The van der Waals surface area contributed by atoms with Gasteiger partial charge in [0.05, 0.1) is 21.3 Å². The van der Waals surface area contributed by atoms with Crippen molar-refractivity contribution in [3.63, 3.8) is 0 Å². The van der Waals surface area contributed by atoms with Gasteiger partial charge in [-0.1, -0.05) is 37.8 Å². The molecule has 178 valence electrons. The monoisotopic (exact) mass is 482 g/mol. The molecule has 1 unspecified atom stereocenters. The van der Waals surface area contributed by atoms with Crippen LogP contribution < -0.4 is 15.5 Å². The van der Waals surface area contributed by atoms with Crippen LogP contribution in [-0.2, 0) is 17.6 Å². The maximum absolute atomic E-state index is 14.8. The average Bonchev–Trinajstić information content (AvgIpc) is 3.22. The maximum atomic E-state index is 14.8. The Morgan fingerprint density at radius 2 is 1.94 bits per heavy atom. The van der Waals surface area contributed by atoms with Gasteiger partial charge in [0, 0.05) is 13.0 Å². The zero-order chi connectivity index (χ0) is 24.6. The zero-order valence-corrected chi connectivity index (χ0v) is 20.6. The summed E-state index contributed by atoms with van der Waals surface area (Å²) in [7, 11) is -0.289. The summed E-state index contributed by atoms with van der Waals surface area (Å²) in [5.41, 5.74) is 1.59. The second-order valence-corrected chi connectivity index (χ2v) is 14.5. The van der Waals surface area contributed by atoms with Crippen LogP contribution in [0.15, 0.2) is 51.8 Å². The van der Waals surface area contributed by atoms with E-state index in [2.05, 4.69) is 24.8 Å². The standard InChI is InChI=1S/C25H27FN2O5Si/c1-32-17-6-7-18-16(13-17)9-10-28(25(31)21-14-23(30)27-33-21)24(18)20(29)12-15-5-8-22(19(26)11-15)34(2,3)4/h5-8,11,13-14,24H,9-10,12H2,1-4H3,(H,27,30). The molecule has 0 saturated carbocycles. The van der Waals surface area contributed by atoms with Crippen LogP contribution in [0.4, 0.5) is 4.39 Å². The molecule has 4 rings (SSSR count). The Balaban J connectivity index is 1.70. The van der Waals surface area contributed by atoms with Crippen molar-refractivity contribution in [2.75, 3.05) is 13.7 Å².